The Morgan fingerprint density at radius 3 is 2.83 bits per heavy atom. The van der Waals surface area contributed by atoms with Crippen molar-refractivity contribution < 1.29 is 4.74 Å². The minimum Gasteiger partial charge on any atom is -0.496 e. The van der Waals surface area contributed by atoms with Crippen molar-refractivity contribution in [2.45, 2.75) is 13.1 Å². The normalized spacial score (nSPS) is 10.6. The zero-order valence-corrected chi connectivity index (χ0v) is 12.1. The monoisotopic (exact) mass is 309 g/mol. The summed E-state index contributed by atoms with van der Waals surface area (Å²) >= 11 is 3.48. The molecule has 0 radical (unpaired) electrons. The van der Waals surface area contributed by atoms with Crippen molar-refractivity contribution in [1.29, 1.82) is 0 Å². The van der Waals surface area contributed by atoms with Crippen molar-refractivity contribution in [3.8, 4) is 5.75 Å². The first-order valence-corrected chi connectivity index (χ1v) is 6.49. The van der Waals surface area contributed by atoms with Gasteiger partial charge >= 0.3 is 0 Å². The van der Waals surface area contributed by atoms with Gasteiger partial charge in [0.1, 0.15) is 11.6 Å². The van der Waals surface area contributed by atoms with Gasteiger partial charge in [0, 0.05) is 26.0 Å². The van der Waals surface area contributed by atoms with Crippen molar-refractivity contribution >= 4 is 15.9 Å². The summed E-state index contributed by atoms with van der Waals surface area (Å²) in [4.78, 5) is 4.26. The predicted octanol–water partition coefficient (Wildman–Crippen LogP) is 2.48. The molecule has 0 saturated heterocycles. The number of halogens is 1. The predicted molar refractivity (Wildman–Crippen MR) is 74.4 cm³/mol. The van der Waals surface area contributed by atoms with Crippen molar-refractivity contribution in [3.05, 3.63) is 46.5 Å². The number of aryl methyl sites for hydroxylation is 1. The number of benzene rings is 1. The second kappa shape index (κ2) is 6.02. The van der Waals surface area contributed by atoms with E-state index in [2.05, 4.69) is 38.4 Å². The molecule has 0 fully saturated rings. The summed E-state index contributed by atoms with van der Waals surface area (Å²) in [6.45, 7) is 1.56. The molecule has 18 heavy (non-hydrogen) atoms. The number of ether oxygens (including phenoxy) is 1. The molecule has 96 valence electrons. The molecule has 1 heterocycles. The van der Waals surface area contributed by atoms with E-state index in [9.17, 15) is 0 Å². The van der Waals surface area contributed by atoms with Crippen LogP contribution in [0.5, 0.6) is 5.75 Å². The topological polar surface area (TPSA) is 39.1 Å². The van der Waals surface area contributed by atoms with E-state index < -0.39 is 0 Å². The minimum absolute atomic E-state index is 0.757. The molecule has 0 atom stereocenters. The standard InChI is InChI=1S/C13H16BrN3O/c1-17-6-5-16-13(17)9-15-8-10-3-4-12(18-2)11(14)7-10/h3-7,15H,8-9H2,1-2H3. The van der Waals surface area contributed by atoms with Crippen LogP contribution in [0, 0.1) is 0 Å². The Bertz CT molecular complexity index is 525. The largest absolute Gasteiger partial charge is 0.496 e. The molecule has 0 saturated carbocycles. The Labute approximate surface area is 115 Å². The SMILES string of the molecule is COc1ccc(CNCc2nccn2C)cc1Br. The molecule has 1 aromatic carbocycles. The van der Waals surface area contributed by atoms with Crippen LogP contribution in [0.2, 0.25) is 0 Å². The molecule has 0 spiro atoms. The first-order chi connectivity index (χ1) is 8.70. The van der Waals surface area contributed by atoms with Crippen LogP contribution in [-0.2, 0) is 20.1 Å². The summed E-state index contributed by atoms with van der Waals surface area (Å²) in [5.41, 5.74) is 1.21. The fraction of sp³-hybridized carbons (Fsp3) is 0.308. The molecule has 0 aliphatic rings. The molecule has 0 bridgehead atoms. The number of hydrogen-bond acceptors (Lipinski definition) is 3. The first kappa shape index (κ1) is 13.1. The van der Waals surface area contributed by atoms with E-state index in [1.807, 2.05) is 23.9 Å². The Hall–Kier alpha value is -1.33. The van der Waals surface area contributed by atoms with Crippen LogP contribution in [0.4, 0.5) is 0 Å². The number of nitrogens with one attached hydrogen (secondary N) is 1. The van der Waals surface area contributed by atoms with E-state index in [-0.39, 0.29) is 0 Å². The van der Waals surface area contributed by atoms with E-state index in [0.717, 1.165) is 29.1 Å². The molecule has 1 N–H and O–H groups in total. The highest BCUT2D eigenvalue weighted by Gasteiger charge is 2.02. The van der Waals surface area contributed by atoms with Gasteiger partial charge in [0.15, 0.2) is 0 Å². The van der Waals surface area contributed by atoms with E-state index in [0.29, 0.717) is 0 Å². The van der Waals surface area contributed by atoms with Crippen LogP contribution < -0.4 is 10.1 Å². The molecule has 0 aliphatic heterocycles. The lowest BCUT2D eigenvalue weighted by Gasteiger charge is -2.08. The fourth-order valence-corrected chi connectivity index (χ4v) is 2.29. The summed E-state index contributed by atoms with van der Waals surface area (Å²) < 4.78 is 8.18. The van der Waals surface area contributed by atoms with Gasteiger partial charge in [-0.2, -0.15) is 0 Å². The van der Waals surface area contributed by atoms with Gasteiger partial charge in [0.25, 0.3) is 0 Å². The number of hydrogen-bond donors (Lipinski definition) is 1. The molecule has 2 rings (SSSR count). The third-order valence-corrected chi connectivity index (χ3v) is 3.37. The summed E-state index contributed by atoms with van der Waals surface area (Å²) in [5.74, 6) is 1.88. The highest BCUT2D eigenvalue weighted by atomic mass is 79.9. The van der Waals surface area contributed by atoms with Crippen molar-refractivity contribution in [2.75, 3.05) is 7.11 Å². The molecule has 4 nitrogen and oxygen atoms in total. The second-order valence-electron chi connectivity index (χ2n) is 4.03. The van der Waals surface area contributed by atoms with E-state index >= 15 is 0 Å². The van der Waals surface area contributed by atoms with E-state index in [1.54, 1.807) is 13.3 Å². The van der Waals surface area contributed by atoms with Gasteiger partial charge in [0.2, 0.25) is 0 Å². The second-order valence-corrected chi connectivity index (χ2v) is 4.88. The fourth-order valence-electron chi connectivity index (χ4n) is 1.71. The van der Waals surface area contributed by atoms with Crippen LogP contribution in [0.15, 0.2) is 35.1 Å². The van der Waals surface area contributed by atoms with Crippen molar-refractivity contribution in [2.24, 2.45) is 7.05 Å². The van der Waals surface area contributed by atoms with Crippen LogP contribution in [0.1, 0.15) is 11.4 Å². The lowest BCUT2D eigenvalue weighted by atomic mass is 10.2. The molecule has 1 aromatic heterocycles. The number of rotatable bonds is 5. The zero-order chi connectivity index (χ0) is 13.0. The van der Waals surface area contributed by atoms with Gasteiger partial charge in [-0.1, -0.05) is 6.07 Å². The van der Waals surface area contributed by atoms with E-state index in [1.165, 1.54) is 5.56 Å². The molecule has 5 heteroatoms. The maximum Gasteiger partial charge on any atom is 0.133 e. The van der Waals surface area contributed by atoms with Gasteiger partial charge < -0.3 is 14.6 Å². The Morgan fingerprint density at radius 2 is 2.22 bits per heavy atom. The smallest absolute Gasteiger partial charge is 0.133 e. The van der Waals surface area contributed by atoms with E-state index in [4.69, 9.17) is 4.74 Å². The lowest BCUT2D eigenvalue weighted by molar-refractivity contribution is 0.412. The highest BCUT2D eigenvalue weighted by molar-refractivity contribution is 9.10. The quantitative estimate of drug-likeness (QED) is 0.922. The summed E-state index contributed by atoms with van der Waals surface area (Å²) in [5, 5.41) is 3.36. The highest BCUT2D eigenvalue weighted by Crippen LogP contribution is 2.25. The van der Waals surface area contributed by atoms with Gasteiger partial charge in [-0.15, -0.1) is 0 Å². The maximum atomic E-state index is 5.20. The molecular weight excluding hydrogens is 294 g/mol. The Kier molecular flexibility index (Phi) is 4.38. The van der Waals surface area contributed by atoms with Gasteiger partial charge in [-0.3, -0.25) is 0 Å². The zero-order valence-electron chi connectivity index (χ0n) is 10.5. The third-order valence-electron chi connectivity index (χ3n) is 2.75. The first-order valence-electron chi connectivity index (χ1n) is 5.70. The Balaban J connectivity index is 1.91. The number of imidazole rings is 1. The molecule has 0 amide bonds. The van der Waals surface area contributed by atoms with Crippen molar-refractivity contribution in [3.63, 3.8) is 0 Å². The average Bonchev–Trinajstić information content (AvgIpc) is 2.75. The molecule has 0 aliphatic carbocycles. The van der Waals surface area contributed by atoms with Gasteiger partial charge in [-0.25, -0.2) is 4.98 Å². The van der Waals surface area contributed by atoms with Gasteiger partial charge in [0.05, 0.1) is 18.1 Å². The number of nitrogens with zero attached hydrogens (tertiary/aromatic N) is 2. The van der Waals surface area contributed by atoms with Crippen LogP contribution in [0.3, 0.4) is 0 Å². The number of aromatic nitrogens is 2. The summed E-state index contributed by atoms with van der Waals surface area (Å²) in [6, 6.07) is 6.07. The minimum atomic E-state index is 0.757. The maximum absolute atomic E-state index is 5.20. The lowest BCUT2D eigenvalue weighted by Crippen LogP contribution is -2.15. The van der Waals surface area contributed by atoms with Crippen molar-refractivity contribution in [1.82, 2.24) is 14.9 Å². The summed E-state index contributed by atoms with van der Waals surface area (Å²) in [6.07, 6.45) is 3.75. The summed E-state index contributed by atoms with van der Waals surface area (Å²) in [7, 11) is 3.66. The Morgan fingerprint density at radius 1 is 1.39 bits per heavy atom. The molecular formula is C13H16BrN3O. The van der Waals surface area contributed by atoms with Crippen LogP contribution in [-0.4, -0.2) is 16.7 Å². The number of methoxy groups -OCH3 is 1. The molecule has 0 unspecified atom stereocenters. The van der Waals surface area contributed by atoms with Crippen LogP contribution in [0.25, 0.3) is 0 Å². The third kappa shape index (κ3) is 3.11. The van der Waals surface area contributed by atoms with Crippen LogP contribution >= 0.6 is 15.9 Å². The average molecular weight is 310 g/mol. The van der Waals surface area contributed by atoms with Gasteiger partial charge in [-0.05, 0) is 33.6 Å². The molecule has 2 aromatic rings.